The lowest BCUT2D eigenvalue weighted by molar-refractivity contribution is -0.136. The Bertz CT molecular complexity index is 896. The first-order valence-electron chi connectivity index (χ1n) is 8.16. The van der Waals surface area contributed by atoms with Crippen molar-refractivity contribution in [3.63, 3.8) is 0 Å². The van der Waals surface area contributed by atoms with Crippen LogP contribution in [0.3, 0.4) is 0 Å². The number of hydrogen-bond donors (Lipinski definition) is 1. The second-order valence-corrected chi connectivity index (χ2v) is 5.95. The summed E-state index contributed by atoms with van der Waals surface area (Å²) in [5, 5.41) is 3.29. The number of aromatic nitrogens is 1. The molecule has 1 aliphatic heterocycles. The highest BCUT2D eigenvalue weighted by molar-refractivity contribution is 6.00. The van der Waals surface area contributed by atoms with Crippen LogP contribution in [0.4, 0.5) is 4.79 Å². The third kappa shape index (κ3) is 3.30. The fraction of sp³-hybridized carbons (Fsp3) is 0.333. The van der Waals surface area contributed by atoms with Crippen molar-refractivity contribution in [2.75, 3.05) is 20.2 Å². The average molecular weight is 357 g/mol. The fourth-order valence-electron chi connectivity index (χ4n) is 2.75. The number of ether oxygens (including phenoxy) is 2. The summed E-state index contributed by atoms with van der Waals surface area (Å²) in [6.07, 6.45) is -1.07. The zero-order chi connectivity index (χ0) is 18.8. The molecule has 3 rings (SSSR count). The van der Waals surface area contributed by atoms with Crippen molar-refractivity contribution >= 4 is 28.8 Å². The van der Waals surface area contributed by atoms with Crippen LogP contribution in [0.25, 0.3) is 10.9 Å². The topological polar surface area (TPSA) is 97.8 Å². The molecule has 136 valence electrons. The number of pyridine rings is 1. The summed E-state index contributed by atoms with van der Waals surface area (Å²) < 4.78 is 10.4. The van der Waals surface area contributed by atoms with Gasteiger partial charge in [-0.2, -0.15) is 0 Å². The van der Waals surface area contributed by atoms with Crippen LogP contribution in [0.15, 0.2) is 24.3 Å². The number of carbonyl (C=O) groups is 3. The monoisotopic (exact) mass is 357 g/mol. The standard InChI is InChI=1S/C18H19N3O5/c1-10-14(8-12-4-5-13(25-3)9-15(12)20-10)17(23)26-11(2)16(22)21-7-6-19-18(21)24/h4-5,8-9,11H,6-7H2,1-3H3,(H,19,24)/t11-/m1/s1. The van der Waals surface area contributed by atoms with Gasteiger partial charge in [0.05, 0.1) is 23.9 Å². The number of fused-ring (bicyclic) bond motifs is 1. The van der Waals surface area contributed by atoms with Gasteiger partial charge in [-0.1, -0.05) is 0 Å². The minimum Gasteiger partial charge on any atom is -0.497 e. The SMILES string of the molecule is COc1ccc2cc(C(=O)O[C@H](C)C(=O)N3CCNC3=O)c(C)nc2c1. The van der Waals surface area contributed by atoms with E-state index >= 15 is 0 Å². The highest BCUT2D eigenvalue weighted by Gasteiger charge is 2.32. The van der Waals surface area contributed by atoms with Crippen LogP contribution >= 0.6 is 0 Å². The molecule has 1 aromatic heterocycles. The molecule has 0 bridgehead atoms. The van der Waals surface area contributed by atoms with Gasteiger partial charge >= 0.3 is 12.0 Å². The van der Waals surface area contributed by atoms with Crippen LogP contribution in [-0.4, -0.2) is 54.1 Å². The van der Waals surface area contributed by atoms with Crippen LogP contribution < -0.4 is 10.1 Å². The third-order valence-electron chi connectivity index (χ3n) is 4.19. The molecule has 1 aliphatic rings. The van der Waals surface area contributed by atoms with E-state index in [0.717, 1.165) is 10.3 Å². The Kier molecular flexibility index (Phi) is 4.75. The quantitative estimate of drug-likeness (QED) is 0.836. The van der Waals surface area contributed by atoms with E-state index in [2.05, 4.69) is 10.3 Å². The molecule has 8 nitrogen and oxygen atoms in total. The van der Waals surface area contributed by atoms with E-state index in [1.54, 1.807) is 38.3 Å². The van der Waals surface area contributed by atoms with Gasteiger partial charge in [0.2, 0.25) is 0 Å². The van der Waals surface area contributed by atoms with Crippen LogP contribution in [0.1, 0.15) is 23.0 Å². The van der Waals surface area contributed by atoms with Gasteiger partial charge in [-0.3, -0.25) is 14.7 Å². The van der Waals surface area contributed by atoms with Crippen molar-refractivity contribution in [3.8, 4) is 5.75 Å². The first-order valence-corrected chi connectivity index (χ1v) is 8.16. The van der Waals surface area contributed by atoms with Crippen molar-refractivity contribution in [2.45, 2.75) is 20.0 Å². The largest absolute Gasteiger partial charge is 0.497 e. The van der Waals surface area contributed by atoms with Crippen molar-refractivity contribution in [1.29, 1.82) is 0 Å². The lowest BCUT2D eigenvalue weighted by Crippen LogP contribution is -2.41. The van der Waals surface area contributed by atoms with Gasteiger partial charge < -0.3 is 14.8 Å². The number of rotatable bonds is 4. The van der Waals surface area contributed by atoms with Crippen LogP contribution in [-0.2, 0) is 9.53 Å². The van der Waals surface area contributed by atoms with Gasteiger partial charge in [-0.05, 0) is 32.0 Å². The fourth-order valence-corrected chi connectivity index (χ4v) is 2.75. The molecule has 0 radical (unpaired) electrons. The molecule has 0 spiro atoms. The maximum Gasteiger partial charge on any atom is 0.340 e. The maximum absolute atomic E-state index is 12.5. The van der Waals surface area contributed by atoms with Gasteiger partial charge in [-0.15, -0.1) is 0 Å². The van der Waals surface area contributed by atoms with Crippen LogP contribution in [0, 0.1) is 6.92 Å². The number of nitrogens with zero attached hydrogens (tertiary/aromatic N) is 2. The number of imide groups is 1. The molecule has 26 heavy (non-hydrogen) atoms. The van der Waals surface area contributed by atoms with Gasteiger partial charge in [-0.25, -0.2) is 9.59 Å². The number of methoxy groups -OCH3 is 1. The van der Waals surface area contributed by atoms with Crippen molar-refractivity contribution < 1.29 is 23.9 Å². The molecular weight excluding hydrogens is 338 g/mol. The first kappa shape index (κ1) is 17.7. The van der Waals surface area contributed by atoms with E-state index in [0.29, 0.717) is 23.5 Å². The minimum atomic E-state index is -1.07. The van der Waals surface area contributed by atoms with Crippen molar-refractivity contribution in [1.82, 2.24) is 15.2 Å². The molecule has 1 aromatic carbocycles. The molecule has 2 heterocycles. The molecule has 1 atom stereocenters. The average Bonchev–Trinajstić information content (AvgIpc) is 3.05. The van der Waals surface area contributed by atoms with E-state index in [1.807, 2.05) is 0 Å². The molecular formula is C18H19N3O5. The van der Waals surface area contributed by atoms with Gasteiger partial charge in [0, 0.05) is 24.5 Å². The number of hydrogen-bond acceptors (Lipinski definition) is 6. The molecule has 1 saturated heterocycles. The summed E-state index contributed by atoms with van der Waals surface area (Å²) >= 11 is 0. The van der Waals surface area contributed by atoms with E-state index in [9.17, 15) is 14.4 Å². The summed E-state index contributed by atoms with van der Waals surface area (Å²) in [5.74, 6) is -0.541. The molecule has 8 heteroatoms. The normalized spacial score (nSPS) is 14.9. The predicted octanol–water partition coefficient (Wildman–Crippen LogP) is 1.65. The number of esters is 1. The maximum atomic E-state index is 12.5. The van der Waals surface area contributed by atoms with E-state index in [4.69, 9.17) is 9.47 Å². The number of urea groups is 1. The summed E-state index contributed by atoms with van der Waals surface area (Å²) in [6.45, 7) is 3.79. The van der Waals surface area contributed by atoms with Gasteiger partial charge in [0.15, 0.2) is 6.10 Å². The number of aryl methyl sites for hydroxylation is 1. The second-order valence-electron chi connectivity index (χ2n) is 5.95. The molecule has 0 aliphatic carbocycles. The zero-order valence-corrected chi connectivity index (χ0v) is 14.7. The lowest BCUT2D eigenvalue weighted by Gasteiger charge is -2.18. The predicted molar refractivity (Wildman–Crippen MR) is 93.0 cm³/mol. The summed E-state index contributed by atoms with van der Waals surface area (Å²) in [5.41, 5.74) is 1.44. The smallest absolute Gasteiger partial charge is 0.340 e. The summed E-state index contributed by atoms with van der Waals surface area (Å²) in [6, 6.07) is 6.53. The Labute approximate surface area is 150 Å². The van der Waals surface area contributed by atoms with Crippen LogP contribution in [0.5, 0.6) is 5.75 Å². The number of carbonyl (C=O) groups excluding carboxylic acids is 3. The summed E-state index contributed by atoms with van der Waals surface area (Å²) in [7, 11) is 1.57. The Morgan fingerprint density at radius 2 is 2.08 bits per heavy atom. The zero-order valence-electron chi connectivity index (χ0n) is 14.7. The Hall–Kier alpha value is -3.16. The molecule has 3 amide bonds. The number of benzene rings is 1. The molecule has 2 aromatic rings. The second kappa shape index (κ2) is 6.99. The minimum absolute atomic E-state index is 0.262. The molecule has 1 N–H and O–H groups in total. The molecule has 1 fully saturated rings. The number of amides is 3. The Morgan fingerprint density at radius 3 is 2.73 bits per heavy atom. The van der Waals surface area contributed by atoms with Gasteiger partial charge in [0.25, 0.3) is 5.91 Å². The Morgan fingerprint density at radius 1 is 1.31 bits per heavy atom. The summed E-state index contributed by atoms with van der Waals surface area (Å²) in [4.78, 5) is 41.7. The molecule has 0 unspecified atom stereocenters. The van der Waals surface area contributed by atoms with Crippen LogP contribution in [0.2, 0.25) is 0 Å². The van der Waals surface area contributed by atoms with E-state index in [1.165, 1.54) is 6.92 Å². The Balaban J connectivity index is 1.79. The third-order valence-corrected chi connectivity index (χ3v) is 4.19. The van der Waals surface area contributed by atoms with Gasteiger partial charge in [0.1, 0.15) is 5.75 Å². The van der Waals surface area contributed by atoms with E-state index in [-0.39, 0.29) is 12.1 Å². The van der Waals surface area contributed by atoms with Crippen molar-refractivity contribution in [3.05, 3.63) is 35.5 Å². The lowest BCUT2D eigenvalue weighted by atomic mass is 10.1. The highest BCUT2D eigenvalue weighted by atomic mass is 16.5. The first-order chi connectivity index (χ1) is 12.4. The number of nitrogens with one attached hydrogen (secondary N) is 1. The molecule has 0 saturated carbocycles. The van der Waals surface area contributed by atoms with E-state index < -0.39 is 24.0 Å². The highest BCUT2D eigenvalue weighted by Crippen LogP contribution is 2.22. The van der Waals surface area contributed by atoms with Crippen molar-refractivity contribution in [2.24, 2.45) is 0 Å².